The Balaban J connectivity index is 2.58. The second-order valence-corrected chi connectivity index (χ2v) is 4.45. The van der Waals surface area contributed by atoms with Gasteiger partial charge in [0.2, 0.25) is 5.91 Å². The van der Waals surface area contributed by atoms with Crippen LogP contribution in [0.2, 0.25) is 0 Å². The van der Waals surface area contributed by atoms with Gasteiger partial charge in [-0.1, -0.05) is 11.3 Å². The molecule has 96 valence electrons. The predicted octanol–water partition coefficient (Wildman–Crippen LogP) is -0.658. The molecule has 0 aromatic carbocycles. The summed E-state index contributed by atoms with van der Waals surface area (Å²) in [4.78, 5) is 22.8. The summed E-state index contributed by atoms with van der Waals surface area (Å²) in [5.74, 6) is -0.315. The molecule has 1 heterocycles. The molecule has 7 heteroatoms. The molecule has 0 aliphatic rings. The average molecular weight is 260 g/mol. The molecule has 0 aliphatic carbocycles. The number of nitrogens with zero attached hydrogens (tertiary/aromatic N) is 1. The maximum atomic E-state index is 11.6. The summed E-state index contributed by atoms with van der Waals surface area (Å²) in [7, 11) is 1.49. The number of aromatic nitrogens is 1. The van der Waals surface area contributed by atoms with E-state index in [4.69, 9.17) is 9.84 Å². The lowest BCUT2D eigenvalue weighted by Crippen LogP contribution is -2.43. The van der Waals surface area contributed by atoms with Gasteiger partial charge >= 0.3 is 4.87 Å². The number of ether oxygens (including phenoxy) is 1. The molecule has 1 atom stereocenters. The third-order valence-corrected chi connectivity index (χ3v) is 3.11. The van der Waals surface area contributed by atoms with Gasteiger partial charge in [0.1, 0.15) is 6.54 Å². The highest BCUT2D eigenvalue weighted by Gasteiger charge is 2.13. The number of nitrogens with one attached hydrogen (secondary N) is 1. The number of thiazole rings is 1. The van der Waals surface area contributed by atoms with Crippen LogP contribution in [-0.4, -0.2) is 41.9 Å². The summed E-state index contributed by atoms with van der Waals surface area (Å²) in [6.45, 7) is 1.77. The topological polar surface area (TPSA) is 80.6 Å². The molecule has 0 bridgehead atoms. The van der Waals surface area contributed by atoms with Crippen molar-refractivity contribution in [3.8, 4) is 0 Å². The molecule has 6 nitrogen and oxygen atoms in total. The SMILES string of the molecule is COCC(CO)NC(=O)Cn1c(C)csc1=O. The van der Waals surface area contributed by atoms with Gasteiger partial charge in [-0.2, -0.15) is 0 Å². The molecule has 0 saturated carbocycles. The molecule has 0 spiro atoms. The van der Waals surface area contributed by atoms with E-state index in [9.17, 15) is 9.59 Å². The lowest BCUT2D eigenvalue weighted by molar-refractivity contribution is -0.123. The highest BCUT2D eigenvalue weighted by atomic mass is 32.1. The largest absolute Gasteiger partial charge is 0.394 e. The number of carbonyl (C=O) groups is 1. The van der Waals surface area contributed by atoms with Crippen molar-refractivity contribution >= 4 is 17.2 Å². The molecule has 1 amide bonds. The normalized spacial score (nSPS) is 12.4. The van der Waals surface area contributed by atoms with E-state index in [1.54, 1.807) is 12.3 Å². The number of hydrogen-bond donors (Lipinski definition) is 2. The number of aryl methyl sites for hydroxylation is 1. The van der Waals surface area contributed by atoms with Crippen molar-refractivity contribution in [3.05, 3.63) is 20.7 Å². The van der Waals surface area contributed by atoms with E-state index in [1.807, 2.05) is 0 Å². The van der Waals surface area contributed by atoms with Crippen LogP contribution in [0.1, 0.15) is 5.69 Å². The number of carbonyl (C=O) groups excluding carboxylic acids is 1. The summed E-state index contributed by atoms with van der Waals surface area (Å²) in [6, 6.07) is -0.442. The second kappa shape index (κ2) is 6.53. The number of rotatable bonds is 6. The third-order valence-electron chi connectivity index (χ3n) is 2.23. The summed E-state index contributed by atoms with van der Waals surface area (Å²) in [5, 5.41) is 13.3. The minimum absolute atomic E-state index is 0.0334. The van der Waals surface area contributed by atoms with Crippen molar-refractivity contribution in [2.45, 2.75) is 19.5 Å². The zero-order valence-corrected chi connectivity index (χ0v) is 10.6. The maximum Gasteiger partial charge on any atom is 0.307 e. The first-order valence-electron chi connectivity index (χ1n) is 5.12. The molecule has 0 fully saturated rings. The van der Waals surface area contributed by atoms with Crippen LogP contribution in [0, 0.1) is 6.92 Å². The van der Waals surface area contributed by atoms with Crippen LogP contribution < -0.4 is 10.2 Å². The lowest BCUT2D eigenvalue weighted by Gasteiger charge is -2.15. The first-order chi connectivity index (χ1) is 8.08. The smallest absolute Gasteiger partial charge is 0.307 e. The Morgan fingerprint density at radius 3 is 2.88 bits per heavy atom. The van der Waals surface area contributed by atoms with Crippen molar-refractivity contribution in [2.24, 2.45) is 0 Å². The molecule has 0 aliphatic heterocycles. The van der Waals surface area contributed by atoms with Gasteiger partial charge in [0.05, 0.1) is 19.3 Å². The molecule has 1 unspecified atom stereocenters. The first kappa shape index (κ1) is 13.9. The average Bonchev–Trinajstić information content (AvgIpc) is 2.60. The zero-order chi connectivity index (χ0) is 12.8. The summed E-state index contributed by atoms with van der Waals surface area (Å²) in [6.07, 6.45) is 0. The lowest BCUT2D eigenvalue weighted by atomic mass is 10.3. The predicted molar refractivity (Wildman–Crippen MR) is 64.2 cm³/mol. The standard InChI is InChI=1S/C10H16N2O4S/c1-7-6-17-10(15)12(7)3-9(14)11-8(4-13)5-16-2/h6,8,13H,3-5H2,1-2H3,(H,11,14). The van der Waals surface area contributed by atoms with Gasteiger partial charge in [0.25, 0.3) is 0 Å². The second-order valence-electron chi connectivity index (χ2n) is 3.63. The summed E-state index contributed by atoms with van der Waals surface area (Å²) >= 11 is 1.06. The fourth-order valence-electron chi connectivity index (χ4n) is 1.35. The highest BCUT2D eigenvalue weighted by molar-refractivity contribution is 7.07. The van der Waals surface area contributed by atoms with Crippen LogP contribution in [0.25, 0.3) is 0 Å². The summed E-state index contributed by atoms with van der Waals surface area (Å²) < 4.78 is 6.23. The molecule has 17 heavy (non-hydrogen) atoms. The van der Waals surface area contributed by atoms with Crippen LogP contribution in [-0.2, 0) is 16.1 Å². The number of aliphatic hydroxyl groups excluding tert-OH is 1. The quantitative estimate of drug-likeness (QED) is 0.711. The molecule has 1 rings (SSSR count). The van der Waals surface area contributed by atoms with Gasteiger partial charge in [0, 0.05) is 18.2 Å². The first-order valence-corrected chi connectivity index (χ1v) is 6.00. The van der Waals surface area contributed by atoms with E-state index in [-0.39, 0.29) is 30.5 Å². The van der Waals surface area contributed by atoms with Crippen molar-refractivity contribution in [1.29, 1.82) is 0 Å². The van der Waals surface area contributed by atoms with Crippen molar-refractivity contribution < 1.29 is 14.6 Å². The minimum Gasteiger partial charge on any atom is -0.394 e. The van der Waals surface area contributed by atoms with Gasteiger partial charge in [-0.25, -0.2) is 0 Å². The van der Waals surface area contributed by atoms with Crippen LogP contribution in [0.3, 0.4) is 0 Å². The van der Waals surface area contributed by atoms with E-state index >= 15 is 0 Å². The Kier molecular flexibility index (Phi) is 5.33. The van der Waals surface area contributed by atoms with E-state index in [0.29, 0.717) is 0 Å². The van der Waals surface area contributed by atoms with Gasteiger partial charge in [-0.05, 0) is 6.92 Å². The van der Waals surface area contributed by atoms with E-state index < -0.39 is 6.04 Å². The minimum atomic E-state index is -0.442. The Bertz CT molecular complexity index is 426. The van der Waals surface area contributed by atoms with E-state index in [1.165, 1.54) is 11.7 Å². The van der Waals surface area contributed by atoms with Gasteiger partial charge in [-0.15, -0.1) is 0 Å². The molecular weight excluding hydrogens is 244 g/mol. The fourth-order valence-corrected chi connectivity index (χ4v) is 2.09. The van der Waals surface area contributed by atoms with Crippen molar-refractivity contribution in [1.82, 2.24) is 9.88 Å². The molecule has 1 aromatic rings. The van der Waals surface area contributed by atoms with Crippen LogP contribution in [0.5, 0.6) is 0 Å². The maximum absolute atomic E-state index is 11.6. The monoisotopic (exact) mass is 260 g/mol. The molecular formula is C10H16N2O4S. The van der Waals surface area contributed by atoms with Crippen LogP contribution >= 0.6 is 11.3 Å². The molecule has 2 N–H and O–H groups in total. The Morgan fingerprint density at radius 1 is 1.71 bits per heavy atom. The Hall–Kier alpha value is -1.18. The van der Waals surface area contributed by atoms with Gasteiger partial charge in [-0.3, -0.25) is 14.2 Å². The van der Waals surface area contributed by atoms with E-state index in [0.717, 1.165) is 17.0 Å². The zero-order valence-electron chi connectivity index (χ0n) is 9.80. The number of methoxy groups -OCH3 is 1. The number of amides is 1. The fraction of sp³-hybridized carbons (Fsp3) is 0.600. The van der Waals surface area contributed by atoms with Crippen LogP contribution in [0.4, 0.5) is 0 Å². The van der Waals surface area contributed by atoms with E-state index in [2.05, 4.69) is 5.32 Å². The highest BCUT2D eigenvalue weighted by Crippen LogP contribution is 1.99. The molecule has 1 aromatic heterocycles. The van der Waals surface area contributed by atoms with Gasteiger partial charge < -0.3 is 15.2 Å². The Morgan fingerprint density at radius 2 is 2.41 bits per heavy atom. The van der Waals surface area contributed by atoms with Gasteiger partial charge in [0.15, 0.2) is 0 Å². The number of aliphatic hydroxyl groups is 1. The molecule has 0 radical (unpaired) electrons. The van der Waals surface area contributed by atoms with Crippen LogP contribution in [0.15, 0.2) is 10.2 Å². The summed E-state index contributed by atoms with van der Waals surface area (Å²) in [5.41, 5.74) is 0.752. The molecule has 0 saturated heterocycles. The van der Waals surface area contributed by atoms with Crippen molar-refractivity contribution in [3.63, 3.8) is 0 Å². The number of hydrogen-bond acceptors (Lipinski definition) is 5. The Labute approximate surface area is 103 Å². The third kappa shape index (κ3) is 3.95. The van der Waals surface area contributed by atoms with Crippen molar-refractivity contribution in [2.75, 3.05) is 20.3 Å².